The van der Waals surface area contributed by atoms with Crippen molar-refractivity contribution in [2.75, 3.05) is 7.05 Å². The van der Waals surface area contributed by atoms with Crippen molar-refractivity contribution in [1.29, 1.82) is 0 Å². The maximum absolute atomic E-state index is 13.7. The van der Waals surface area contributed by atoms with Gasteiger partial charge in [-0.2, -0.15) is 5.10 Å². The van der Waals surface area contributed by atoms with Gasteiger partial charge in [-0.25, -0.2) is 14.1 Å². The molecule has 6 heteroatoms. The van der Waals surface area contributed by atoms with Gasteiger partial charge in [-0.05, 0) is 49.2 Å². The van der Waals surface area contributed by atoms with E-state index in [1.165, 1.54) is 12.4 Å². The van der Waals surface area contributed by atoms with Crippen LogP contribution in [0.4, 0.5) is 4.39 Å². The Hall–Kier alpha value is -3.02. The van der Waals surface area contributed by atoms with Gasteiger partial charge in [0.2, 0.25) is 0 Å². The van der Waals surface area contributed by atoms with Crippen LogP contribution in [0.25, 0.3) is 5.69 Å². The van der Waals surface area contributed by atoms with Crippen molar-refractivity contribution >= 4 is 5.91 Å². The Morgan fingerprint density at radius 2 is 1.92 bits per heavy atom. The van der Waals surface area contributed by atoms with E-state index in [9.17, 15) is 9.18 Å². The number of hydrogen-bond donors (Lipinski definition) is 0. The number of aromatic nitrogens is 3. The molecule has 1 aromatic heterocycles. The van der Waals surface area contributed by atoms with E-state index in [0.717, 1.165) is 11.3 Å². The topological polar surface area (TPSA) is 51.0 Å². The number of rotatable bonds is 4. The molecule has 0 saturated carbocycles. The lowest BCUT2D eigenvalue weighted by Gasteiger charge is -2.25. The largest absolute Gasteiger partial charge is 0.335 e. The van der Waals surface area contributed by atoms with Gasteiger partial charge in [0.15, 0.2) is 0 Å². The molecule has 1 atom stereocenters. The van der Waals surface area contributed by atoms with Crippen molar-refractivity contribution in [1.82, 2.24) is 19.7 Å². The SMILES string of the molecule is Cc1ccc(C(=O)N(C)[C@H](C)c2ccc(-n3cncn3)cc2)cc1F. The third kappa shape index (κ3) is 3.42. The van der Waals surface area contributed by atoms with Gasteiger partial charge in [0.25, 0.3) is 5.91 Å². The molecule has 0 aliphatic heterocycles. The van der Waals surface area contributed by atoms with Gasteiger partial charge < -0.3 is 4.90 Å². The molecule has 0 aliphatic rings. The second-order valence-corrected chi connectivity index (χ2v) is 5.99. The third-order valence-corrected chi connectivity index (χ3v) is 4.38. The van der Waals surface area contributed by atoms with Crippen LogP contribution in [0.1, 0.15) is 34.5 Å². The summed E-state index contributed by atoms with van der Waals surface area (Å²) >= 11 is 0. The second-order valence-electron chi connectivity index (χ2n) is 5.99. The summed E-state index contributed by atoms with van der Waals surface area (Å²) in [6, 6.07) is 12.1. The van der Waals surface area contributed by atoms with Gasteiger partial charge in [-0.3, -0.25) is 4.79 Å². The fourth-order valence-corrected chi connectivity index (χ4v) is 2.58. The summed E-state index contributed by atoms with van der Waals surface area (Å²) < 4.78 is 15.4. The first-order valence-corrected chi connectivity index (χ1v) is 7.95. The van der Waals surface area contributed by atoms with Gasteiger partial charge in [0, 0.05) is 12.6 Å². The van der Waals surface area contributed by atoms with Crippen molar-refractivity contribution < 1.29 is 9.18 Å². The summed E-state index contributed by atoms with van der Waals surface area (Å²) in [6.07, 6.45) is 3.10. The zero-order chi connectivity index (χ0) is 18.0. The first-order valence-electron chi connectivity index (χ1n) is 7.95. The molecule has 0 fully saturated rings. The Labute approximate surface area is 145 Å². The minimum absolute atomic E-state index is 0.151. The van der Waals surface area contributed by atoms with Crippen LogP contribution in [0.15, 0.2) is 55.1 Å². The van der Waals surface area contributed by atoms with E-state index in [2.05, 4.69) is 10.1 Å². The summed E-state index contributed by atoms with van der Waals surface area (Å²) in [4.78, 5) is 18.1. The van der Waals surface area contributed by atoms with Gasteiger partial charge in [-0.1, -0.05) is 18.2 Å². The fourth-order valence-electron chi connectivity index (χ4n) is 2.58. The van der Waals surface area contributed by atoms with Crippen molar-refractivity contribution in [2.45, 2.75) is 19.9 Å². The lowest BCUT2D eigenvalue weighted by molar-refractivity contribution is 0.0742. The van der Waals surface area contributed by atoms with Crippen LogP contribution >= 0.6 is 0 Å². The van der Waals surface area contributed by atoms with Crippen molar-refractivity contribution in [3.05, 3.63) is 77.6 Å². The smallest absolute Gasteiger partial charge is 0.254 e. The molecule has 0 saturated heterocycles. The zero-order valence-corrected chi connectivity index (χ0v) is 14.3. The maximum Gasteiger partial charge on any atom is 0.254 e. The predicted octanol–water partition coefficient (Wildman–Crippen LogP) is 3.55. The molecule has 3 aromatic rings. The highest BCUT2D eigenvalue weighted by atomic mass is 19.1. The average Bonchev–Trinajstić information content (AvgIpc) is 3.17. The fraction of sp³-hybridized carbons (Fsp3) is 0.211. The van der Waals surface area contributed by atoms with E-state index in [4.69, 9.17) is 0 Å². The molecule has 25 heavy (non-hydrogen) atoms. The van der Waals surface area contributed by atoms with E-state index < -0.39 is 0 Å². The Bertz CT molecular complexity index is 875. The van der Waals surface area contributed by atoms with Crippen molar-refractivity contribution in [3.8, 4) is 5.69 Å². The number of carbonyl (C=O) groups excluding carboxylic acids is 1. The van der Waals surface area contributed by atoms with E-state index >= 15 is 0 Å². The molecule has 128 valence electrons. The second kappa shape index (κ2) is 6.84. The lowest BCUT2D eigenvalue weighted by atomic mass is 10.0. The molecule has 0 spiro atoms. The third-order valence-electron chi connectivity index (χ3n) is 4.38. The number of amides is 1. The molecule has 1 heterocycles. The lowest BCUT2D eigenvalue weighted by Crippen LogP contribution is -2.29. The Morgan fingerprint density at radius 1 is 1.20 bits per heavy atom. The molecule has 0 N–H and O–H groups in total. The van der Waals surface area contributed by atoms with Crippen LogP contribution in [0, 0.1) is 12.7 Å². The van der Waals surface area contributed by atoms with E-state index in [-0.39, 0.29) is 17.8 Å². The van der Waals surface area contributed by atoms with E-state index in [0.29, 0.717) is 11.1 Å². The molecule has 0 unspecified atom stereocenters. The highest BCUT2D eigenvalue weighted by molar-refractivity contribution is 5.94. The Morgan fingerprint density at radius 3 is 2.52 bits per heavy atom. The summed E-state index contributed by atoms with van der Waals surface area (Å²) in [5.41, 5.74) is 2.74. The summed E-state index contributed by atoms with van der Waals surface area (Å²) in [5.74, 6) is -0.587. The highest BCUT2D eigenvalue weighted by Gasteiger charge is 2.19. The van der Waals surface area contributed by atoms with Crippen LogP contribution in [0.3, 0.4) is 0 Å². The van der Waals surface area contributed by atoms with Crippen LogP contribution in [0.2, 0.25) is 0 Å². The van der Waals surface area contributed by atoms with Gasteiger partial charge in [0.1, 0.15) is 18.5 Å². The van der Waals surface area contributed by atoms with Crippen LogP contribution in [-0.2, 0) is 0 Å². The molecule has 1 amide bonds. The normalized spacial score (nSPS) is 12.0. The Kier molecular flexibility index (Phi) is 4.61. The number of hydrogen-bond acceptors (Lipinski definition) is 3. The number of nitrogens with zero attached hydrogens (tertiary/aromatic N) is 4. The van der Waals surface area contributed by atoms with E-state index in [1.807, 2.05) is 31.2 Å². The molecule has 0 radical (unpaired) electrons. The summed E-state index contributed by atoms with van der Waals surface area (Å²) in [7, 11) is 1.72. The summed E-state index contributed by atoms with van der Waals surface area (Å²) in [5, 5.41) is 4.08. The average molecular weight is 338 g/mol. The molecule has 0 aliphatic carbocycles. The number of aryl methyl sites for hydroxylation is 1. The molecule has 5 nitrogen and oxygen atoms in total. The number of benzene rings is 2. The van der Waals surface area contributed by atoms with E-state index in [1.54, 1.807) is 42.0 Å². The quantitative estimate of drug-likeness (QED) is 0.731. The first kappa shape index (κ1) is 16.8. The molecule has 0 bridgehead atoms. The molecule has 2 aromatic carbocycles. The maximum atomic E-state index is 13.7. The van der Waals surface area contributed by atoms with Gasteiger partial charge in [0.05, 0.1) is 11.7 Å². The minimum atomic E-state index is -0.371. The molecule has 3 rings (SSSR count). The predicted molar refractivity (Wildman–Crippen MR) is 93.0 cm³/mol. The minimum Gasteiger partial charge on any atom is -0.335 e. The first-order chi connectivity index (χ1) is 12.0. The standard InChI is InChI=1S/C19H19FN4O/c1-13-4-5-16(10-18(13)20)19(25)23(3)14(2)15-6-8-17(9-7-15)24-12-21-11-22-24/h4-12,14H,1-3H3/t14-/m1/s1. The van der Waals surface area contributed by atoms with Gasteiger partial charge in [-0.15, -0.1) is 0 Å². The van der Waals surface area contributed by atoms with Crippen LogP contribution in [-0.4, -0.2) is 32.6 Å². The molecular formula is C19H19FN4O. The Balaban J connectivity index is 1.78. The number of halogens is 1. The van der Waals surface area contributed by atoms with Crippen LogP contribution in [0.5, 0.6) is 0 Å². The van der Waals surface area contributed by atoms with Crippen LogP contribution < -0.4 is 0 Å². The zero-order valence-electron chi connectivity index (χ0n) is 14.3. The van der Waals surface area contributed by atoms with Crippen molar-refractivity contribution in [2.24, 2.45) is 0 Å². The summed E-state index contributed by atoms with van der Waals surface area (Å²) in [6.45, 7) is 3.61. The molecular weight excluding hydrogens is 319 g/mol. The highest BCUT2D eigenvalue weighted by Crippen LogP contribution is 2.22. The van der Waals surface area contributed by atoms with Crippen molar-refractivity contribution in [3.63, 3.8) is 0 Å². The monoisotopic (exact) mass is 338 g/mol. The number of carbonyl (C=O) groups is 1. The van der Waals surface area contributed by atoms with Gasteiger partial charge >= 0.3 is 0 Å².